The van der Waals surface area contributed by atoms with Gasteiger partial charge < -0.3 is 4.90 Å². The number of amides is 1. The number of fused-ring (bicyclic) bond motifs is 1. The van der Waals surface area contributed by atoms with E-state index >= 15 is 0 Å². The third kappa shape index (κ3) is 5.59. The number of anilines is 1. The van der Waals surface area contributed by atoms with Crippen molar-refractivity contribution < 1.29 is 4.79 Å². The first-order valence-electron chi connectivity index (χ1n) is 11.5. The molecule has 0 aliphatic carbocycles. The zero-order valence-electron chi connectivity index (χ0n) is 20.8. The third-order valence-electron chi connectivity index (χ3n) is 5.78. The summed E-state index contributed by atoms with van der Waals surface area (Å²) in [7, 11) is 0. The quantitative estimate of drug-likeness (QED) is 0.164. The minimum Gasteiger partial charge on any atom is -0.304 e. The summed E-state index contributed by atoms with van der Waals surface area (Å²) < 4.78 is 4.46. The molecule has 0 bridgehead atoms. The number of carbonyl (C=O) groups excluding carboxylic acids is 1. The van der Waals surface area contributed by atoms with Crippen LogP contribution in [0.25, 0.3) is 15.8 Å². The minimum atomic E-state index is -0.0900. The van der Waals surface area contributed by atoms with Crippen LogP contribution >= 0.6 is 32.1 Å². The summed E-state index contributed by atoms with van der Waals surface area (Å²) >= 11 is 1.40. The van der Waals surface area contributed by atoms with Gasteiger partial charge in [0, 0.05) is 23.2 Å². The van der Waals surface area contributed by atoms with E-state index < -0.39 is 0 Å². The number of hydrogen-bond acceptors (Lipinski definition) is 4. The Labute approximate surface area is 221 Å². The number of allylic oxidation sites excluding steroid dienone is 4. The second kappa shape index (κ2) is 10.5. The maximum atomic E-state index is 13.9. The summed E-state index contributed by atoms with van der Waals surface area (Å²) in [5.74, 6) is -0.0900. The fraction of sp³-hybridized carbons (Fsp3) is 0.241. The molecule has 3 aromatic rings. The first kappa shape index (κ1) is 25.4. The number of carbonyl (C=O) groups is 1. The van der Waals surface area contributed by atoms with Gasteiger partial charge in [0.1, 0.15) is 9.71 Å². The van der Waals surface area contributed by atoms with Gasteiger partial charge >= 0.3 is 0 Å². The van der Waals surface area contributed by atoms with E-state index in [1.54, 1.807) is 0 Å². The Morgan fingerprint density at radius 1 is 1.17 bits per heavy atom. The molecule has 0 spiro atoms. The molecule has 1 aliphatic heterocycles. The van der Waals surface area contributed by atoms with Crippen molar-refractivity contribution in [1.82, 2.24) is 4.98 Å². The zero-order valence-corrected chi connectivity index (χ0v) is 23.8. The lowest BCUT2D eigenvalue weighted by Gasteiger charge is -2.24. The third-order valence-corrected chi connectivity index (χ3v) is 8.41. The van der Waals surface area contributed by atoms with Crippen molar-refractivity contribution in [2.45, 2.75) is 40.0 Å². The number of hydrogen-bond donors (Lipinski definition) is 0. The number of pyridine rings is 1. The molecule has 180 valence electrons. The lowest BCUT2D eigenvalue weighted by atomic mass is 9.87. The second-order valence-corrected chi connectivity index (χ2v) is 12.8. The highest BCUT2D eigenvalue weighted by Gasteiger charge is 2.25. The normalized spacial score (nSPS) is 13.2. The molecule has 4 rings (SSSR count). The van der Waals surface area contributed by atoms with Gasteiger partial charge in [-0.25, -0.2) is 4.98 Å². The summed E-state index contributed by atoms with van der Waals surface area (Å²) in [6, 6.07) is 12.3. The van der Waals surface area contributed by atoms with Crippen molar-refractivity contribution in [2.24, 2.45) is 4.99 Å². The smallest absolute Gasteiger partial charge is 0.270 e. The van der Waals surface area contributed by atoms with Crippen molar-refractivity contribution in [3.63, 3.8) is 0 Å². The topological polar surface area (TPSA) is 45.6 Å². The van der Waals surface area contributed by atoms with Gasteiger partial charge in [-0.05, 0) is 76.1 Å². The van der Waals surface area contributed by atoms with Crippen molar-refractivity contribution in [2.75, 3.05) is 11.4 Å². The predicted octanol–water partition coefficient (Wildman–Crippen LogP) is 8.22. The SMILES string of the molecule is C=Nc1c(C(=O)N(CC=C(C)C)c2ccc(C(C)(C)C)cc2)sc2nc(C3=CC=IC=C3)ccc12. The molecule has 1 amide bonds. The molecule has 3 heterocycles. The van der Waals surface area contributed by atoms with Crippen molar-refractivity contribution in [3.05, 3.63) is 80.4 Å². The molecule has 0 saturated heterocycles. The van der Waals surface area contributed by atoms with Crippen LogP contribution in [0.15, 0.2) is 69.3 Å². The van der Waals surface area contributed by atoms with E-state index in [1.807, 2.05) is 43.0 Å². The van der Waals surface area contributed by atoms with Gasteiger partial charge in [0.15, 0.2) is 0 Å². The number of rotatable bonds is 6. The lowest BCUT2D eigenvalue weighted by Crippen LogP contribution is -2.30. The molecule has 6 heteroatoms. The molecule has 1 aliphatic rings. The van der Waals surface area contributed by atoms with Crippen LogP contribution in [0.5, 0.6) is 0 Å². The monoisotopic (exact) mass is 595 g/mol. The van der Waals surface area contributed by atoms with E-state index in [4.69, 9.17) is 4.98 Å². The number of aromatic nitrogens is 1. The predicted molar refractivity (Wildman–Crippen MR) is 162 cm³/mol. The Kier molecular flexibility index (Phi) is 7.62. The Bertz CT molecular complexity index is 1400. The minimum absolute atomic E-state index is 0.0143. The number of benzene rings is 1. The van der Waals surface area contributed by atoms with Gasteiger partial charge in [0.2, 0.25) is 0 Å². The summed E-state index contributed by atoms with van der Waals surface area (Å²) in [4.78, 5) is 26.3. The average Bonchev–Trinajstić information content (AvgIpc) is 3.22. The van der Waals surface area contributed by atoms with Crippen LogP contribution in [0.2, 0.25) is 0 Å². The van der Waals surface area contributed by atoms with E-state index in [0.717, 1.165) is 32.7 Å². The highest BCUT2D eigenvalue weighted by molar-refractivity contribution is 14.2. The summed E-state index contributed by atoms with van der Waals surface area (Å²) in [5.41, 5.74) is 5.90. The Balaban J connectivity index is 1.77. The standard InChI is InChI=1S/C29H30IN3OS/c1-19(2)15-18-33(22-9-7-21(8-10-22)29(3,4)5)28(34)26-25(31-6)23-11-12-24(32-27(23)35-26)20-13-16-30-17-14-20/h7-17H,6,18H2,1-5H3. The average molecular weight is 596 g/mol. The molecule has 0 N–H and O–H groups in total. The van der Waals surface area contributed by atoms with Gasteiger partial charge in [-0.2, -0.15) is 0 Å². The van der Waals surface area contributed by atoms with Crippen LogP contribution in [0.3, 0.4) is 0 Å². The fourth-order valence-corrected chi connectivity index (χ4v) is 6.26. The molecular formula is C29H30IN3OS. The van der Waals surface area contributed by atoms with Crippen LogP contribution < -0.4 is 4.90 Å². The van der Waals surface area contributed by atoms with E-state index in [9.17, 15) is 4.79 Å². The van der Waals surface area contributed by atoms with Crippen LogP contribution in [0.4, 0.5) is 11.4 Å². The number of halogens is 1. The molecule has 0 saturated carbocycles. The van der Waals surface area contributed by atoms with Gasteiger partial charge in [-0.15, -0.1) is 11.3 Å². The van der Waals surface area contributed by atoms with Gasteiger partial charge in [0.05, 0.1) is 11.4 Å². The molecule has 0 fully saturated rings. The van der Waals surface area contributed by atoms with E-state index in [1.165, 1.54) is 16.9 Å². The van der Waals surface area contributed by atoms with Gasteiger partial charge in [0.25, 0.3) is 5.91 Å². The number of nitrogens with zero attached hydrogens (tertiary/aromatic N) is 3. The maximum Gasteiger partial charge on any atom is 0.270 e. The molecule has 4 nitrogen and oxygen atoms in total. The van der Waals surface area contributed by atoms with Crippen LogP contribution in [0.1, 0.15) is 55.5 Å². The van der Waals surface area contributed by atoms with Gasteiger partial charge in [-0.1, -0.05) is 65.3 Å². The summed E-state index contributed by atoms with van der Waals surface area (Å²) in [6.45, 7) is 14.9. The highest BCUT2D eigenvalue weighted by atomic mass is 127. The molecule has 0 radical (unpaired) electrons. The van der Waals surface area contributed by atoms with E-state index in [2.05, 4.69) is 70.9 Å². The van der Waals surface area contributed by atoms with E-state index in [0.29, 0.717) is 17.1 Å². The van der Waals surface area contributed by atoms with Crippen molar-refractivity contribution >= 4 is 75.9 Å². The zero-order chi connectivity index (χ0) is 25.2. The Morgan fingerprint density at radius 3 is 2.51 bits per heavy atom. The molecule has 0 atom stereocenters. The Hall–Kier alpha value is -2.71. The van der Waals surface area contributed by atoms with Crippen LogP contribution in [-0.2, 0) is 5.41 Å². The molecule has 0 unspecified atom stereocenters. The first-order valence-corrected chi connectivity index (χ1v) is 14.8. The van der Waals surface area contributed by atoms with Crippen molar-refractivity contribution in [3.8, 4) is 0 Å². The van der Waals surface area contributed by atoms with Crippen molar-refractivity contribution in [1.29, 1.82) is 0 Å². The largest absolute Gasteiger partial charge is 0.304 e. The number of thiophene rings is 1. The molecule has 1 aromatic carbocycles. The van der Waals surface area contributed by atoms with Gasteiger partial charge in [-0.3, -0.25) is 9.79 Å². The van der Waals surface area contributed by atoms with Crippen LogP contribution in [0, 0.1) is 0 Å². The Morgan fingerprint density at radius 2 is 1.91 bits per heavy atom. The summed E-state index contributed by atoms with van der Waals surface area (Å²) in [5, 5.41) is 0.860. The summed E-state index contributed by atoms with van der Waals surface area (Å²) in [6.07, 6.45) is 6.34. The second-order valence-electron chi connectivity index (χ2n) is 9.65. The highest BCUT2D eigenvalue weighted by Crippen LogP contribution is 2.39. The number of aliphatic imine (C=N–C) groups is 1. The lowest BCUT2D eigenvalue weighted by molar-refractivity contribution is 0.0994. The molecular weight excluding hydrogens is 565 g/mol. The van der Waals surface area contributed by atoms with E-state index in [-0.39, 0.29) is 32.1 Å². The molecule has 35 heavy (non-hydrogen) atoms. The molecule has 2 aromatic heterocycles. The first-order chi connectivity index (χ1) is 16.7. The van der Waals surface area contributed by atoms with Crippen LogP contribution in [-0.4, -0.2) is 28.2 Å². The fourth-order valence-electron chi connectivity index (χ4n) is 3.75. The maximum absolute atomic E-state index is 13.9.